The number of likely N-dealkylation sites (N-methyl/N-ethyl adjacent to an activating group) is 1. The Hall–Kier alpha value is -1.89. The van der Waals surface area contributed by atoms with E-state index in [1.165, 1.54) is 0 Å². The first-order chi connectivity index (χ1) is 14.0. The summed E-state index contributed by atoms with van der Waals surface area (Å²) in [6, 6.07) is -0.155. The highest BCUT2D eigenvalue weighted by molar-refractivity contribution is 5.90. The quantitative estimate of drug-likeness (QED) is 0.714. The van der Waals surface area contributed by atoms with Gasteiger partial charge in [0.15, 0.2) is 5.78 Å². The SMILES string of the molecule is CNC1CCN(C(=O)OC2CC3C(=O)CCC(C)C/C=C\CCCC(=O)N3C2)C1. The second-order valence-electron chi connectivity index (χ2n) is 8.73. The Balaban J connectivity index is 1.62. The monoisotopic (exact) mass is 405 g/mol. The molecule has 1 N–H and O–H groups in total. The average Bonchev–Trinajstić information content (AvgIpc) is 3.35. The van der Waals surface area contributed by atoms with Gasteiger partial charge in [-0.15, -0.1) is 0 Å². The lowest BCUT2D eigenvalue weighted by molar-refractivity contribution is -0.137. The van der Waals surface area contributed by atoms with E-state index < -0.39 is 12.1 Å². The number of rotatable bonds is 2. The van der Waals surface area contributed by atoms with Gasteiger partial charge in [-0.25, -0.2) is 4.79 Å². The predicted molar refractivity (Wildman–Crippen MR) is 110 cm³/mol. The van der Waals surface area contributed by atoms with Crippen molar-refractivity contribution >= 4 is 17.8 Å². The van der Waals surface area contributed by atoms with E-state index in [0.29, 0.717) is 50.9 Å². The van der Waals surface area contributed by atoms with E-state index in [-0.39, 0.29) is 17.8 Å². The molecular weight excluding hydrogens is 370 g/mol. The van der Waals surface area contributed by atoms with Crippen LogP contribution in [0.2, 0.25) is 0 Å². The van der Waals surface area contributed by atoms with Gasteiger partial charge in [-0.1, -0.05) is 19.1 Å². The lowest BCUT2D eigenvalue weighted by Crippen LogP contribution is -2.41. The van der Waals surface area contributed by atoms with Crippen LogP contribution in [-0.2, 0) is 14.3 Å². The Kier molecular flexibility index (Phi) is 7.70. The normalized spacial score (nSPS) is 32.9. The van der Waals surface area contributed by atoms with Gasteiger partial charge in [0, 0.05) is 38.4 Å². The van der Waals surface area contributed by atoms with Crippen LogP contribution in [-0.4, -0.2) is 72.5 Å². The van der Waals surface area contributed by atoms with Crippen LogP contribution in [0.25, 0.3) is 0 Å². The number of fused-ring (bicyclic) bond motifs is 1. The Morgan fingerprint density at radius 2 is 2.00 bits per heavy atom. The minimum absolute atomic E-state index is 0.000913. The maximum absolute atomic E-state index is 12.9. The topological polar surface area (TPSA) is 79.0 Å². The van der Waals surface area contributed by atoms with Gasteiger partial charge < -0.3 is 19.9 Å². The molecule has 3 aliphatic heterocycles. The van der Waals surface area contributed by atoms with E-state index in [4.69, 9.17) is 4.74 Å². The fourth-order valence-electron chi connectivity index (χ4n) is 4.48. The maximum atomic E-state index is 12.9. The molecule has 0 aliphatic carbocycles. The zero-order chi connectivity index (χ0) is 20.8. The lowest BCUT2D eigenvalue weighted by atomic mass is 9.96. The van der Waals surface area contributed by atoms with Gasteiger partial charge in [0.1, 0.15) is 6.10 Å². The zero-order valence-corrected chi connectivity index (χ0v) is 17.8. The first kappa shape index (κ1) is 21.8. The smallest absolute Gasteiger partial charge is 0.410 e. The van der Waals surface area contributed by atoms with E-state index in [9.17, 15) is 14.4 Å². The number of allylic oxidation sites excluding steroid dienone is 2. The first-order valence-electron chi connectivity index (χ1n) is 11.1. The number of nitrogens with one attached hydrogen (secondary N) is 1. The van der Waals surface area contributed by atoms with Crippen molar-refractivity contribution in [1.82, 2.24) is 15.1 Å². The number of hydrogen-bond donors (Lipinski definition) is 1. The van der Waals surface area contributed by atoms with Crippen LogP contribution in [0.15, 0.2) is 12.2 Å². The van der Waals surface area contributed by atoms with Crippen LogP contribution >= 0.6 is 0 Å². The van der Waals surface area contributed by atoms with Crippen molar-refractivity contribution in [2.45, 2.75) is 76.5 Å². The molecule has 0 aromatic rings. The van der Waals surface area contributed by atoms with Crippen LogP contribution in [0.3, 0.4) is 0 Å². The third-order valence-corrected chi connectivity index (χ3v) is 6.43. The highest BCUT2D eigenvalue weighted by atomic mass is 16.6. The van der Waals surface area contributed by atoms with Gasteiger partial charge in [0.25, 0.3) is 0 Å². The molecule has 0 radical (unpaired) electrons. The summed E-state index contributed by atoms with van der Waals surface area (Å²) in [4.78, 5) is 41.6. The van der Waals surface area contributed by atoms with E-state index >= 15 is 0 Å². The Morgan fingerprint density at radius 1 is 1.17 bits per heavy atom. The molecule has 2 amide bonds. The number of nitrogens with zero attached hydrogens (tertiary/aromatic N) is 2. The molecule has 2 saturated heterocycles. The molecule has 162 valence electrons. The minimum Gasteiger partial charge on any atom is -0.444 e. The molecule has 0 spiro atoms. The number of Topliss-reactive ketones (excluding diaryl/α,β-unsaturated/α-hetero) is 1. The molecule has 4 atom stereocenters. The van der Waals surface area contributed by atoms with Crippen molar-refractivity contribution in [3.8, 4) is 0 Å². The second-order valence-corrected chi connectivity index (χ2v) is 8.73. The van der Waals surface area contributed by atoms with Crippen LogP contribution in [0.1, 0.15) is 58.3 Å². The summed E-state index contributed by atoms with van der Waals surface area (Å²) in [7, 11) is 1.89. The third-order valence-electron chi connectivity index (χ3n) is 6.43. The van der Waals surface area contributed by atoms with Gasteiger partial charge in [-0.05, 0) is 45.1 Å². The number of amides is 2. The molecule has 7 nitrogen and oxygen atoms in total. The number of hydrogen-bond acceptors (Lipinski definition) is 5. The number of ketones is 1. The van der Waals surface area contributed by atoms with Gasteiger partial charge in [-0.3, -0.25) is 9.59 Å². The van der Waals surface area contributed by atoms with Crippen LogP contribution in [0.5, 0.6) is 0 Å². The Bertz CT molecular complexity index is 636. The summed E-state index contributed by atoms with van der Waals surface area (Å²) < 4.78 is 5.71. The number of ether oxygens (including phenoxy) is 1. The van der Waals surface area contributed by atoms with E-state index in [1.807, 2.05) is 7.05 Å². The summed E-state index contributed by atoms with van der Waals surface area (Å²) in [6.45, 7) is 3.80. The van der Waals surface area contributed by atoms with Crippen molar-refractivity contribution in [1.29, 1.82) is 0 Å². The van der Waals surface area contributed by atoms with Crippen LogP contribution in [0.4, 0.5) is 4.79 Å². The molecule has 3 rings (SSSR count). The summed E-state index contributed by atoms with van der Waals surface area (Å²) in [5.41, 5.74) is 0. The molecule has 0 aromatic heterocycles. The molecule has 0 saturated carbocycles. The highest BCUT2D eigenvalue weighted by Crippen LogP contribution is 2.26. The van der Waals surface area contributed by atoms with Gasteiger partial charge >= 0.3 is 6.09 Å². The molecular formula is C22H35N3O4. The van der Waals surface area contributed by atoms with Crippen molar-refractivity contribution in [2.24, 2.45) is 5.92 Å². The van der Waals surface area contributed by atoms with E-state index in [2.05, 4.69) is 24.4 Å². The fraction of sp³-hybridized carbons (Fsp3) is 0.773. The van der Waals surface area contributed by atoms with Crippen molar-refractivity contribution in [3.05, 3.63) is 12.2 Å². The number of likely N-dealkylation sites (tertiary alicyclic amines) is 1. The molecule has 7 heteroatoms. The summed E-state index contributed by atoms with van der Waals surface area (Å²) in [5.74, 6) is 0.549. The highest BCUT2D eigenvalue weighted by Gasteiger charge is 2.41. The van der Waals surface area contributed by atoms with Crippen molar-refractivity contribution < 1.29 is 19.1 Å². The van der Waals surface area contributed by atoms with Crippen molar-refractivity contribution in [3.63, 3.8) is 0 Å². The first-order valence-corrected chi connectivity index (χ1v) is 11.1. The largest absolute Gasteiger partial charge is 0.444 e. The van der Waals surface area contributed by atoms with Crippen LogP contribution in [0, 0.1) is 5.92 Å². The minimum atomic E-state index is -0.454. The average molecular weight is 406 g/mol. The number of carbonyl (C=O) groups excluding carboxylic acids is 3. The molecule has 0 aromatic carbocycles. The lowest BCUT2D eigenvalue weighted by Gasteiger charge is -2.23. The van der Waals surface area contributed by atoms with Gasteiger partial charge in [-0.2, -0.15) is 0 Å². The summed E-state index contributed by atoms with van der Waals surface area (Å²) in [6.07, 6.45) is 9.28. The predicted octanol–water partition coefficient (Wildman–Crippen LogP) is 2.50. The molecule has 2 fully saturated rings. The maximum Gasteiger partial charge on any atom is 0.410 e. The van der Waals surface area contributed by atoms with Gasteiger partial charge in [0.05, 0.1) is 12.6 Å². The Labute approximate surface area is 173 Å². The second kappa shape index (κ2) is 10.2. The number of carbonyl (C=O) groups is 3. The molecule has 3 heterocycles. The third kappa shape index (κ3) is 5.81. The van der Waals surface area contributed by atoms with E-state index in [0.717, 1.165) is 32.1 Å². The Morgan fingerprint density at radius 3 is 2.76 bits per heavy atom. The molecule has 3 aliphatic rings. The molecule has 4 unspecified atom stereocenters. The molecule has 0 bridgehead atoms. The molecule has 29 heavy (non-hydrogen) atoms. The van der Waals surface area contributed by atoms with Crippen LogP contribution < -0.4 is 5.32 Å². The fourth-order valence-corrected chi connectivity index (χ4v) is 4.48. The standard InChI is InChI=1S/C22H35N3O4/c1-16-7-5-3-4-6-8-21(27)25-15-18(13-19(25)20(26)10-9-16)29-22(28)24-12-11-17(14-24)23-2/h3,5,16-19,23H,4,6-15H2,1-2H3/b5-3-. The summed E-state index contributed by atoms with van der Waals surface area (Å²) in [5, 5.41) is 3.19. The summed E-state index contributed by atoms with van der Waals surface area (Å²) >= 11 is 0. The van der Waals surface area contributed by atoms with E-state index in [1.54, 1.807) is 9.80 Å². The van der Waals surface area contributed by atoms with Crippen molar-refractivity contribution in [2.75, 3.05) is 26.7 Å². The zero-order valence-electron chi connectivity index (χ0n) is 17.8. The van der Waals surface area contributed by atoms with Gasteiger partial charge in [0.2, 0.25) is 5.91 Å².